The lowest BCUT2D eigenvalue weighted by molar-refractivity contribution is -0.116. The molecule has 0 aromatic heterocycles. The van der Waals surface area contributed by atoms with Gasteiger partial charge in [0, 0.05) is 5.56 Å². The third-order valence-corrected chi connectivity index (χ3v) is 1.32. The van der Waals surface area contributed by atoms with Crippen LogP contribution in [0.4, 0.5) is 0 Å². The molecule has 0 fully saturated rings. The number of aliphatic imine (C=N–C) groups is 1. The van der Waals surface area contributed by atoms with Crippen LogP contribution in [0.15, 0.2) is 35.3 Å². The summed E-state index contributed by atoms with van der Waals surface area (Å²) in [6.45, 7) is 0. The summed E-state index contributed by atoms with van der Waals surface area (Å²) in [7, 11) is 0. The van der Waals surface area contributed by atoms with Gasteiger partial charge in [0.1, 0.15) is 0 Å². The molecule has 0 saturated carbocycles. The number of hydrogen-bond donors (Lipinski definition) is 3. The Morgan fingerprint density at radius 1 is 1.17 bits per heavy atom. The summed E-state index contributed by atoms with van der Waals surface area (Å²) in [6, 6.07) is 9.30. The minimum atomic E-state index is -0.0312. The van der Waals surface area contributed by atoms with Gasteiger partial charge in [-0.2, -0.15) is 0 Å². The summed E-state index contributed by atoms with van der Waals surface area (Å²) >= 11 is 0. The summed E-state index contributed by atoms with van der Waals surface area (Å²) in [5, 5.41) is 5.16. The lowest BCUT2D eigenvalue weighted by Crippen LogP contribution is -2.45. The lowest BCUT2D eigenvalue weighted by atomic mass is 10.2. The highest BCUT2D eigenvalue weighted by molar-refractivity contribution is 6.03. The highest BCUT2D eigenvalue weighted by atomic mass is 15.0. The van der Waals surface area contributed by atoms with Gasteiger partial charge in [0.2, 0.25) is 5.84 Å². The van der Waals surface area contributed by atoms with Crippen LogP contribution in [0.3, 0.4) is 0 Å². The van der Waals surface area contributed by atoms with Crippen molar-refractivity contribution in [3.05, 3.63) is 35.9 Å². The molecule has 1 aromatic rings. The maximum atomic E-state index is 5.57. The number of benzene rings is 1. The van der Waals surface area contributed by atoms with Crippen molar-refractivity contribution < 1.29 is 5.41 Å². The molecule has 0 aliphatic heterocycles. The number of rotatable bonds is 1. The zero-order chi connectivity index (χ0) is 8.97. The second kappa shape index (κ2) is 3.52. The zero-order valence-corrected chi connectivity index (χ0v) is 6.57. The van der Waals surface area contributed by atoms with Gasteiger partial charge in [-0.1, -0.05) is 23.2 Å². The largest absolute Gasteiger partial charge is 0.382 e. The molecule has 0 bridgehead atoms. The monoisotopic (exact) mass is 163 g/mol. The van der Waals surface area contributed by atoms with E-state index >= 15 is 0 Å². The van der Waals surface area contributed by atoms with Crippen LogP contribution in [0.2, 0.25) is 0 Å². The molecule has 0 unspecified atom stereocenters. The average Bonchev–Trinajstić information content (AvgIpc) is 2.05. The number of guanidine groups is 1. The van der Waals surface area contributed by atoms with Crippen molar-refractivity contribution >= 4 is 11.8 Å². The number of amidine groups is 1. The Kier molecular flexibility index (Phi) is 2.42. The van der Waals surface area contributed by atoms with E-state index in [4.69, 9.17) is 16.9 Å². The van der Waals surface area contributed by atoms with Crippen molar-refractivity contribution in [2.45, 2.75) is 0 Å². The van der Waals surface area contributed by atoms with Gasteiger partial charge in [0.05, 0.1) is 0 Å². The Balaban J connectivity index is 2.93. The number of hydrogen-bond acceptors (Lipinski definition) is 0. The molecule has 4 heteroatoms. The summed E-state index contributed by atoms with van der Waals surface area (Å²) < 4.78 is 0. The van der Waals surface area contributed by atoms with Gasteiger partial charge in [0.25, 0.3) is 0 Å². The number of nitrogens with zero attached hydrogens (tertiary/aromatic N) is 1. The predicted octanol–water partition coefficient (Wildman–Crippen LogP) is -1.53. The second-order valence-corrected chi connectivity index (χ2v) is 2.29. The van der Waals surface area contributed by atoms with E-state index in [1.807, 2.05) is 30.3 Å². The zero-order valence-electron chi connectivity index (χ0n) is 6.57. The van der Waals surface area contributed by atoms with Gasteiger partial charge in [-0.3, -0.25) is 11.1 Å². The Hall–Kier alpha value is -1.84. The summed E-state index contributed by atoms with van der Waals surface area (Å²) in [4.78, 5) is 3.71. The van der Waals surface area contributed by atoms with E-state index < -0.39 is 0 Å². The first-order valence-corrected chi connectivity index (χ1v) is 3.47. The van der Waals surface area contributed by atoms with Gasteiger partial charge >= 0.3 is 5.96 Å². The molecule has 4 nitrogen and oxygen atoms in total. The van der Waals surface area contributed by atoms with Crippen molar-refractivity contribution in [1.82, 2.24) is 0 Å². The van der Waals surface area contributed by atoms with Crippen LogP contribution in [0.5, 0.6) is 0 Å². The van der Waals surface area contributed by atoms with Gasteiger partial charge in [-0.25, -0.2) is 0 Å². The van der Waals surface area contributed by atoms with Gasteiger partial charge < -0.3 is 5.73 Å². The van der Waals surface area contributed by atoms with E-state index in [1.165, 1.54) is 0 Å². The lowest BCUT2D eigenvalue weighted by Gasteiger charge is -1.93. The molecule has 1 rings (SSSR count). The van der Waals surface area contributed by atoms with E-state index in [-0.39, 0.29) is 5.96 Å². The fourth-order valence-corrected chi connectivity index (χ4v) is 0.813. The summed E-state index contributed by atoms with van der Waals surface area (Å²) in [5.74, 6) is 0.298. The maximum absolute atomic E-state index is 5.57. The molecule has 62 valence electrons. The maximum Gasteiger partial charge on any atom is 0.382 e. The van der Waals surface area contributed by atoms with Crippen molar-refractivity contribution in [3.63, 3.8) is 0 Å². The summed E-state index contributed by atoms with van der Waals surface area (Å²) in [6.07, 6.45) is 0. The first kappa shape index (κ1) is 8.26. The minimum absolute atomic E-state index is 0.0312. The Morgan fingerprint density at radius 2 is 1.75 bits per heavy atom. The van der Waals surface area contributed by atoms with Crippen LogP contribution in [0.1, 0.15) is 5.56 Å². The normalized spacial score (nSPS) is 11.2. The Labute approximate surface area is 70.4 Å². The molecule has 0 radical (unpaired) electrons. The average molecular weight is 163 g/mol. The predicted molar refractivity (Wildman–Crippen MR) is 48.3 cm³/mol. The van der Waals surface area contributed by atoms with Crippen molar-refractivity contribution in [3.8, 4) is 0 Å². The molecule has 0 heterocycles. The fraction of sp³-hybridized carbons (Fsp3) is 0. The van der Waals surface area contributed by atoms with Crippen LogP contribution in [-0.4, -0.2) is 11.8 Å². The second-order valence-electron chi connectivity index (χ2n) is 2.29. The van der Waals surface area contributed by atoms with Crippen LogP contribution < -0.4 is 16.9 Å². The molecule has 0 saturated heterocycles. The Morgan fingerprint density at radius 3 is 2.25 bits per heavy atom. The SMILES string of the molecule is NC(=[NH2+])N=C(N)c1ccccc1. The highest BCUT2D eigenvalue weighted by Gasteiger charge is 2.01. The molecule has 12 heavy (non-hydrogen) atoms. The first-order valence-electron chi connectivity index (χ1n) is 3.47. The Bertz CT molecular complexity index is 302. The van der Waals surface area contributed by atoms with E-state index in [1.54, 1.807) is 0 Å². The third kappa shape index (κ3) is 2.09. The molecule has 0 atom stereocenters. The highest BCUT2D eigenvalue weighted by Crippen LogP contribution is 1.96. The van der Waals surface area contributed by atoms with E-state index in [0.717, 1.165) is 5.56 Å². The molecule has 0 aliphatic rings. The van der Waals surface area contributed by atoms with Gasteiger partial charge in [0.15, 0.2) is 0 Å². The van der Waals surface area contributed by atoms with Gasteiger partial charge in [-0.05, 0) is 12.1 Å². The van der Waals surface area contributed by atoms with Crippen molar-refractivity contribution in [2.24, 2.45) is 16.5 Å². The van der Waals surface area contributed by atoms with E-state index in [2.05, 4.69) is 4.99 Å². The van der Waals surface area contributed by atoms with E-state index in [9.17, 15) is 0 Å². The molecule has 0 spiro atoms. The van der Waals surface area contributed by atoms with Crippen molar-refractivity contribution in [2.75, 3.05) is 0 Å². The van der Waals surface area contributed by atoms with Crippen LogP contribution in [0, 0.1) is 0 Å². The summed E-state index contributed by atoms with van der Waals surface area (Å²) in [5.41, 5.74) is 11.5. The first-order chi connectivity index (χ1) is 5.70. The van der Waals surface area contributed by atoms with Gasteiger partial charge in [-0.15, -0.1) is 0 Å². The van der Waals surface area contributed by atoms with Crippen LogP contribution >= 0.6 is 0 Å². The fourth-order valence-electron chi connectivity index (χ4n) is 0.813. The standard InChI is InChI=1S/C8H10N4/c9-7(12-8(10)11)6-4-2-1-3-5-6/h1-5H,(H5,9,10,11,12)/p+1. The topological polar surface area (TPSA) is 90.0 Å². The molecule has 6 N–H and O–H groups in total. The van der Waals surface area contributed by atoms with Crippen LogP contribution in [-0.2, 0) is 0 Å². The molecular formula is C8H11N4+. The molecule has 0 amide bonds. The minimum Gasteiger partial charge on any atom is -0.369 e. The quantitative estimate of drug-likeness (QED) is 0.346. The third-order valence-electron chi connectivity index (χ3n) is 1.32. The molecular weight excluding hydrogens is 152 g/mol. The smallest absolute Gasteiger partial charge is 0.369 e. The van der Waals surface area contributed by atoms with Crippen LogP contribution in [0.25, 0.3) is 0 Å². The van der Waals surface area contributed by atoms with Crippen molar-refractivity contribution in [1.29, 1.82) is 0 Å². The molecule has 1 aromatic carbocycles. The number of nitrogens with two attached hydrogens (primary N) is 3. The van der Waals surface area contributed by atoms with E-state index in [0.29, 0.717) is 5.84 Å². The molecule has 0 aliphatic carbocycles.